The monoisotopic (exact) mass is 299 g/mol. The molecule has 0 aliphatic carbocycles. The van der Waals surface area contributed by atoms with Gasteiger partial charge in [0, 0.05) is 6.42 Å². The Morgan fingerprint density at radius 3 is 2.68 bits per heavy atom. The Balaban J connectivity index is 2.47. The van der Waals surface area contributed by atoms with E-state index in [1.54, 1.807) is 0 Å². The van der Waals surface area contributed by atoms with Gasteiger partial charge in [-0.25, -0.2) is 13.4 Å². The van der Waals surface area contributed by atoms with Crippen LogP contribution in [0.2, 0.25) is 0 Å². The lowest BCUT2D eigenvalue weighted by Gasteiger charge is -2.31. The Hall–Kier alpha value is -1.62. The number of imidazole rings is 1. The summed E-state index contributed by atoms with van der Waals surface area (Å²) in [6.45, 7) is -0.700. The minimum Gasteiger partial charge on any atom is -0.480 e. The predicted molar refractivity (Wildman–Crippen MR) is 54.2 cm³/mol. The van der Waals surface area contributed by atoms with Gasteiger partial charge < -0.3 is 10.1 Å². The highest BCUT2D eigenvalue weighted by atomic mass is 32.2. The van der Waals surface area contributed by atoms with Crippen molar-refractivity contribution in [1.29, 1.82) is 0 Å². The molecule has 1 atom stereocenters. The van der Waals surface area contributed by atoms with Crippen LogP contribution in [-0.4, -0.2) is 45.3 Å². The number of hydrogen-bond acceptors (Lipinski definition) is 4. The fourth-order valence-electron chi connectivity index (χ4n) is 1.81. The van der Waals surface area contributed by atoms with E-state index in [9.17, 15) is 26.4 Å². The van der Waals surface area contributed by atoms with Gasteiger partial charge in [-0.2, -0.15) is 17.5 Å². The quantitative estimate of drug-likeness (QED) is 0.804. The normalized spacial score (nSPS) is 21.1. The molecule has 11 heteroatoms. The van der Waals surface area contributed by atoms with Gasteiger partial charge in [-0.3, -0.25) is 4.79 Å². The Kier molecular flexibility index (Phi) is 3.05. The molecule has 2 N–H and O–H groups in total. The molecule has 19 heavy (non-hydrogen) atoms. The van der Waals surface area contributed by atoms with Gasteiger partial charge in [0.15, 0.2) is 0 Å². The average molecular weight is 299 g/mol. The molecule has 0 aromatic carbocycles. The average Bonchev–Trinajstić information content (AvgIpc) is 2.72. The molecule has 0 spiro atoms. The number of carboxylic acids is 1. The van der Waals surface area contributed by atoms with Gasteiger partial charge in [0.25, 0.3) is 0 Å². The van der Waals surface area contributed by atoms with Gasteiger partial charge in [0.1, 0.15) is 6.04 Å². The summed E-state index contributed by atoms with van der Waals surface area (Å²) in [7, 11) is -5.71. The summed E-state index contributed by atoms with van der Waals surface area (Å²) >= 11 is 0. The van der Waals surface area contributed by atoms with E-state index >= 15 is 0 Å². The van der Waals surface area contributed by atoms with Crippen molar-refractivity contribution in [2.24, 2.45) is 0 Å². The lowest BCUT2D eigenvalue weighted by Crippen LogP contribution is -2.52. The molecule has 1 aromatic rings. The smallest absolute Gasteiger partial charge is 0.480 e. The number of sulfonamides is 1. The molecule has 106 valence electrons. The molecule has 1 aliphatic rings. The van der Waals surface area contributed by atoms with Crippen molar-refractivity contribution in [3.8, 4) is 0 Å². The molecule has 0 bridgehead atoms. The number of rotatable bonds is 2. The lowest BCUT2D eigenvalue weighted by molar-refractivity contribution is -0.142. The van der Waals surface area contributed by atoms with Crippen LogP contribution in [0.1, 0.15) is 11.4 Å². The predicted octanol–water partition coefficient (Wildman–Crippen LogP) is 0.0706. The van der Waals surface area contributed by atoms with E-state index in [0.29, 0.717) is 0 Å². The summed E-state index contributed by atoms with van der Waals surface area (Å²) < 4.78 is 60.2. The molecule has 2 rings (SSSR count). The number of aliphatic carboxylic acids is 1. The van der Waals surface area contributed by atoms with Crippen molar-refractivity contribution < 1.29 is 31.5 Å². The van der Waals surface area contributed by atoms with Gasteiger partial charge in [-0.05, 0) is 0 Å². The molecule has 0 amide bonds. The van der Waals surface area contributed by atoms with Gasteiger partial charge >= 0.3 is 21.5 Å². The second-order valence-electron chi connectivity index (χ2n) is 3.88. The number of fused-ring (bicyclic) bond motifs is 1. The van der Waals surface area contributed by atoms with E-state index in [1.807, 2.05) is 0 Å². The standard InChI is InChI=1S/C8H8F3N3O4S/c9-8(10,11)19(17,18)14-2-5-4(12-3-13-5)1-6(14)7(15)16/h3,6H,1-2H2,(H,12,13)(H,15,16). The van der Waals surface area contributed by atoms with Gasteiger partial charge in [-0.15, -0.1) is 0 Å². The molecule has 0 saturated heterocycles. The highest BCUT2D eigenvalue weighted by molar-refractivity contribution is 7.90. The van der Waals surface area contributed by atoms with Crippen LogP contribution in [0, 0.1) is 0 Å². The maximum atomic E-state index is 12.5. The van der Waals surface area contributed by atoms with Crippen LogP contribution in [0.15, 0.2) is 6.33 Å². The van der Waals surface area contributed by atoms with Crippen LogP contribution in [0.4, 0.5) is 13.2 Å². The van der Waals surface area contributed by atoms with Crippen LogP contribution >= 0.6 is 0 Å². The summed E-state index contributed by atoms with van der Waals surface area (Å²) in [5.74, 6) is -1.65. The van der Waals surface area contributed by atoms with Crippen molar-refractivity contribution in [3.05, 3.63) is 17.7 Å². The minimum atomic E-state index is -5.71. The maximum Gasteiger partial charge on any atom is 0.511 e. The number of carboxylic acid groups (broad SMARTS) is 1. The molecule has 1 aliphatic heterocycles. The molecular formula is C8H8F3N3O4S. The van der Waals surface area contributed by atoms with Crippen LogP contribution in [0.5, 0.6) is 0 Å². The van der Waals surface area contributed by atoms with E-state index in [-0.39, 0.29) is 15.7 Å². The number of nitrogens with zero attached hydrogens (tertiary/aromatic N) is 2. The van der Waals surface area contributed by atoms with E-state index in [0.717, 1.165) is 0 Å². The summed E-state index contributed by atoms with van der Waals surface area (Å²) in [5.41, 5.74) is -5.13. The van der Waals surface area contributed by atoms with Crippen molar-refractivity contribution in [2.75, 3.05) is 0 Å². The Bertz CT molecular complexity index is 609. The zero-order chi connectivity index (χ0) is 14.4. The lowest BCUT2D eigenvalue weighted by atomic mass is 10.1. The molecule has 1 aromatic heterocycles. The fourth-order valence-corrected chi connectivity index (χ4v) is 2.87. The van der Waals surface area contributed by atoms with Crippen LogP contribution in [0.25, 0.3) is 0 Å². The number of carbonyl (C=O) groups is 1. The number of alkyl halides is 3. The number of halogens is 3. The molecule has 2 heterocycles. The first-order valence-corrected chi connectivity index (χ1v) is 6.40. The van der Waals surface area contributed by atoms with E-state index in [1.165, 1.54) is 6.33 Å². The van der Waals surface area contributed by atoms with E-state index < -0.39 is 40.5 Å². The number of H-pyrrole nitrogens is 1. The van der Waals surface area contributed by atoms with Crippen molar-refractivity contribution >= 4 is 16.0 Å². The Morgan fingerprint density at radius 1 is 1.53 bits per heavy atom. The van der Waals surface area contributed by atoms with Crippen LogP contribution in [-0.2, 0) is 27.8 Å². The molecule has 1 unspecified atom stereocenters. The highest BCUT2D eigenvalue weighted by Gasteiger charge is 2.54. The van der Waals surface area contributed by atoms with Crippen LogP contribution < -0.4 is 0 Å². The first kappa shape index (κ1) is 13.8. The third-order valence-corrected chi connectivity index (χ3v) is 4.33. The molecule has 0 saturated carbocycles. The summed E-state index contributed by atoms with van der Waals surface area (Å²) in [6, 6.07) is -1.82. The molecule has 7 nitrogen and oxygen atoms in total. The topological polar surface area (TPSA) is 103 Å². The van der Waals surface area contributed by atoms with Gasteiger partial charge in [0.05, 0.1) is 24.3 Å². The number of nitrogens with one attached hydrogen (secondary N) is 1. The summed E-state index contributed by atoms with van der Waals surface area (Å²) in [4.78, 5) is 17.2. The van der Waals surface area contributed by atoms with Crippen molar-refractivity contribution in [3.63, 3.8) is 0 Å². The third-order valence-electron chi connectivity index (χ3n) is 2.74. The summed E-state index contributed by atoms with van der Waals surface area (Å²) in [5, 5.41) is 8.89. The molecular weight excluding hydrogens is 291 g/mol. The van der Waals surface area contributed by atoms with Gasteiger partial charge in [0.2, 0.25) is 0 Å². The van der Waals surface area contributed by atoms with E-state index in [4.69, 9.17) is 5.11 Å². The Morgan fingerprint density at radius 2 is 2.16 bits per heavy atom. The third kappa shape index (κ3) is 2.18. The summed E-state index contributed by atoms with van der Waals surface area (Å²) in [6.07, 6.45) is 0.761. The zero-order valence-corrected chi connectivity index (χ0v) is 9.99. The largest absolute Gasteiger partial charge is 0.511 e. The second-order valence-corrected chi connectivity index (χ2v) is 5.76. The maximum absolute atomic E-state index is 12.5. The molecule has 0 radical (unpaired) electrons. The first-order chi connectivity index (χ1) is 8.64. The Labute approximate surface area is 105 Å². The fraction of sp³-hybridized carbons (Fsp3) is 0.500. The van der Waals surface area contributed by atoms with E-state index in [2.05, 4.69) is 9.97 Å². The van der Waals surface area contributed by atoms with Crippen molar-refractivity contribution in [2.45, 2.75) is 24.5 Å². The van der Waals surface area contributed by atoms with Crippen molar-refractivity contribution in [1.82, 2.24) is 14.3 Å². The molecule has 0 fully saturated rings. The highest BCUT2D eigenvalue weighted by Crippen LogP contribution is 2.32. The number of aromatic amines is 1. The van der Waals surface area contributed by atoms with Crippen LogP contribution in [0.3, 0.4) is 0 Å². The first-order valence-electron chi connectivity index (χ1n) is 4.96. The SMILES string of the molecule is O=C(O)C1Cc2nc[nH]c2CN1S(=O)(=O)C(F)(F)F. The minimum absolute atomic E-state index is 0.0736. The number of aromatic nitrogens is 2. The van der Waals surface area contributed by atoms with Gasteiger partial charge in [-0.1, -0.05) is 0 Å². The number of hydrogen-bond donors (Lipinski definition) is 2. The second kappa shape index (κ2) is 4.20. The zero-order valence-electron chi connectivity index (χ0n) is 9.18.